The lowest BCUT2D eigenvalue weighted by Gasteiger charge is -2.22. The molecular weight excluding hydrogens is 944 g/mol. The van der Waals surface area contributed by atoms with Crippen molar-refractivity contribution in [2.24, 2.45) is 0 Å². The zero-order valence-electron chi connectivity index (χ0n) is 32.3. The highest BCUT2D eigenvalue weighted by molar-refractivity contribution is 9.11. The maximum atomic E-state index is 11.7. The number of amides is 1. The van der Waals surface area contributed by atoms with Crippen LogP contribution < -0.4 is 10.6 Å². The molecule has 0 aromatic heterocycles. The summed E-state index contributed by atoms with van der Waals surface area (Å²) < 4.78 is 12.2. The number of hydrogen-bond acceptors (Lipinski definition) is 9. The summed E-state index contributed by atoms with van der Waals surface area (Å²) in [6, 6.07) is 12.1. The van der Waals surface area contributed by atoms with Gasteiger partial charge in [-0.2, -0.15) is 0 Å². The number of nitrogens with zero attached hydrogens (tertiary/aromatic N) is 1. The van der Waals surface area contributed by atoms with Gasteiger partial charge in [0.05, 0.1) is 13.2 Å². The van der Waals surface area contributed by atoms with Crippen molar-refractivity contribution in [3.05, 3.63) is 88.8 Å². The molecule has 1 amide bonds. The van der Waals surface area contributed by atoms with Crippen molar-refractivity contribution < 1.29 is 38.9 Å². The summed E-state index contributed by atoms with van der Waals surface area (Å²) in [6.07, 6.45) is 1.81. The summed E-state index contributed by atoms with van der Waals surface area (Å²) in [5.41, 5.74) is 15.6. The second kappa shape index (κ2) is 28.8. The molecule has 0 aliphatic heterocycles. The number of ether oxygens (including phenoxy) is 2. The second-order valence-corrected chi connectivity index (χ2v) is 14.9. The van der Waals surface area contributed by atoms with E-state index in [4.69, 9.17) is 20.7 Å². The summed E-state index contributed by atoms with van der Waals surface area (Å²) >= 11 is 13.5. The van der Waals surface area contributed by atoms with Crippen LogP contribution in [0.3, 0.4) is 0 Å². The molecule has 0 radical (unpaired) electrons. The number of nitrogens with two attached hydrogens (primary N) is 1. The highest BCUT2D eigenvalue weighted by atomic mass is 79.9. The standard InChI is InChI=1S/C14H18BrNO3.C11H15BrO.C8H10BrN.C4H6O3.C2H5BrO/c1-9-7-13(8-10(2)14(9)15)16(11(3)17)5-6-19-12(4)18;1-8-6-10(4-3-5-13)7-9(2)11(8)12;1-5-3-7(10)4-6(2)8(5)9;1-3(5)7-4(2)6;3-1-2-4/h7-8H,5-6H2,1-4H3;6-7,13H,3-5H2,1-2H3;3-4H,10H2,1-2H3;1-2H3;4H,1-2H2. The Balaban J connectivity index is 0. The molecule has 4 N–H and O–H groups in total. The highest BCUT2D eigenvalue weighted by Gasteiger charge is 2.14. The van der Waals surface area contributed by atoms with Gasteiger partial charge in [-0.1, -0.05) is 75.9 Å². The third kappa shape index (κ3) is 23.7. The number of benzene rings is 3. The van der Waals surface area contributed by atoms with Crippen LogP contribution >= 0.6 is 63.7 Å². The predicted octanol–water partition coefficient (Wildman–Crippen LogP) is 9.09. The maximum Gasteiger partial charge on any atom is 0.310 e. The summed E-state index contributed by atoms with van der Waals surface area (Å²) in [5, 5.41) is 17.2. The molecule has 0 bridgehead atoms. The minimum absolute atomic E-state index is 0.0757. The molecule has 0 atom stereocenters. The first kappa shape index (κ1) is 52.5. The number of hydrogen-bond donors (Lipinski definition) is 3. The van der Waals surface area contributed by atoms with Crippen LogP contribution in [0.25, 0.3) is 0 Å². The summed E-state index contributed by atoms with van der Waals surface area (Å²) in [5.74, 6) is -1.54. The SMILES string of the molecule is CC(=O)OC(C)=O.CC(=O)OCCN(C(C)=O)c1cc(C)c(Br)c(C)c1.Cc1cc(CCCO)cc(C)c1Br.Cc1cc(N)cc(C)c1Br.OCCBr. The average Bonchev–Trinajstić information content (AvgIpc) is 3.05. The van der Waals surface area contributed by atoms with Crippen LogP contribution in [0.5, 0.6) is 0 Å². The van der Waals surface area contributed by atoms with Gasteiger partial charge in [-0.15, -0.1) is 0 Å². The number of nitrogen functional groups attached to an aromatic ring is 1. The molecule has 3 aromatic carbocycles. The number of halogens is 4. The Morgan fingerprint density at radius 1 is 0.660 bits per heavy atom. The minimum Gasteiger partial charge on any atom is -0.464 e. The molecule has 0 heterocycles. The van der Waals surface area contributed by atoms with Crippen molar-refractivity contribution in [2.75, 3.05) is 42.3 Å². The van der Waals surface area contributed by atoms with Gasteiger partial charge in [0.15, 0.2) is 0 Å². The van der Waals surface area contributed by atoms with Gasteiger partial charge in [0.1, 0.15) is 6.61 Å². The number of carbonyl (C=O) groups is 4. The summed E-state index contributed by atoms with van der Waals surface area (Å²) in [7, 11) is 0. The van der Waals surface area contributed by atoms with Crippen LogP contribution in [0, 0.1) is 41.5 Å². The topological polar surface area (TPSA) is 156 Å². The van der Waals surface area contributed by atoms with Crippen molar-refractivity contribution in [3.8, 4) is 0 Å². The van der Waals surface area contributed by atoms with E-state index in [2.05, 4.69) is 94.4 Å². The van der Waals surface area contributed by atoms with Crippen molar-refractivity contribution in [3.63, 3.8) is 0 Å². The Hall–Kier alpha value is -2.62. The van der Waals surface area contributed by atoms with E-state index in [9.17, 15) is 19.2 Å². The van der Waals surface area contributed by atoms with Gasteiger partial charge in [0.25, 0.3) is 0 Å². The Bertz CT molecular complexity index is 1550. The molecular formula is C39H54Br4N2O8. The van der Waals surface area contributed by atoms with E-state index < -0.39 is 11.9 Å². The molecule has 0 saturated carbocycles. The van der Waals surface area contributed by atoms with E-state index in [0.717, 1.165) is 44.3 Å². The van der Waals surface area contributed by atoms with Crippen molar-refractivity contribution in [1.29, 1.82) is 0 Å². The van der Waals surface area contributed by atoms with Gasteiger partial charge in [-0.25, -0.2) is 0 Å². The second-order valence-electron chi connectivity index (χ2n) is 11.7. The molecule has 0 unspecified atom stereocenters. The smallest absolute Gasteiger partial charge is 0.310 e. The summed E-state index contributed by atoms with van der Waals surface area (Å²) in [6.45, 7) is 18.5. The van der Waals surface area contributed by atoms with Gasteiger partial charge in [-0.3, -0.25) is 19.2 Å². The molecule has 296 valence electrons. The number of alkyl halides is 1. The number of aliphatic hydroxyl groups excluding tert-OH is 2. The number of esters is 3. The molecule has 0 aliphatic rings. The monoisotopic (exact) mass is 994 g/mol. The minimum atomic E-state index is -0.562. The number of rotatable bonds is 8. The fourth-order valence-corrected chi connectivity index (χ4v) is 5.16. The first-order chi connectivity index (χ1) is 24.6. The van der Waals surface area contributed by atoms with Crippen LogP contribution in [0.2, 0.25) is 0 Å². The third-order valence-electron chi connectivity index (χ3n) is 6.68. The van der Waals surface area contributed by atoms with E-state index >= 15 is 0 Å². The molecule has 53 heavy (non-hydrogen) atoms. The Morgan fingerprint density at radius 2 is 1.04 bits per heavy atom. The van der Waals surface area contributed by atoms with Crippen molar-refractivity contribution in [1.82, 2.24) is 0 Å². The van der Waals surface area contributed by atoms with Gasteiger partial charge in [0, 0.05) is 64.4 Å². The first-order valence-corrected chi connectivity index (χ1v) is 20.1. The van der Waals surface area contributed by atoms with E-state index in [1.54, 1.807) is 4.90 Å². The van der Waals surface area contributed by atoms with Crippen molar-refractivity contribution in [2.45, 2.75) is 82.1 Å². The first-order valence-electron chi connectivity index (χ1n) is 16.6. The summed E-state index contributed by atoms with van der Waals surface area (Å²) in [4.78, 5) is 43.7. The van der Waals surface area contributed by atoms with Gasteiger partial charge in [0.2, 0.25) is 5.91 Å². The lowest BCUT2D eigenvalue weighted by atomic mass is 10.0. The van der Waals surface area contributed by atoms with Gasteiger partial charge in [-0.05, 0) is 118 Å². The zero-order chi connectivity index (χ0) is 41.4. The normalized spacial score (nSPS) is 9.66. The Labute approximate surface area is 348 Å². The van der Waals surface area contributed by atoms with E-state index in [1.165, 1.54) is 60.0 Å². The van der Waals surface area contributed by atoms with Crippen molar-refractivity contribution >= 4 is 98.9 Å². The van der Waals surface area contributed by atoms with Crippen LogP contribution in [0.4, 0.5) is 11.4 Å². The molecule has 0 aliphatic carbocycles. The average molecular weight is 998 g/mol. The van der Waals surface area contributed by atoms with Gasteiger partial charge < -0.3 is 30.3 Å². The van der Waals surface area contributed by atoms with E-state index in [0.29, 0.717) is 11.9 Å². The maximum absolute atomic E-state index is 11.7. The molecule has 0 spiro atoms. The zero-order valence-corrected chi connectivity index (χ0v) is 38.6. The molecule has 3 aromatic rings. The number of carbonyl (C=O) groups excluding carboxylic acids is 4. The lowest BCUT2D eigenvalue weighted by molar-refractivity contribution is -0.156. The number of anilines is 2. The number of aliphatic hydroxyl groups is 2. The molecule has 14 heteroatoms. The van der Waals surface area contributed by atoms with Crippen LogP contribution in [0.15, 0.2) is 49.8 Å². The predicted molar refractivity (Wildman–Crippen MR) is 229 cm³/mol. The Kier molecular flexibility index (Phi) is 28.5. The van der Waals surface area contributed by atoms with Crippen LogP contribution in [-0.4, -0.2) is 65.7 Å². The fourth-order valence-electron chi connectivity index (χ4n) is 4.47. The molecule has 3 rings (SSSR count). The lowest BCUT2D eigenvalue weighted by Crippen LogP contribution is -2.32. The fraction of sp³-hybridized carbons (Fsp3) is 0.436. The quantitative estimate of drug-likeness (QED) is 0.0868. The van der Waals surface area contributed by atoms with Gasteiger partial charge >= 0.3 is 17.9 Å². The highest BCUT2D eigenvalue weighted by Crippen LogP contribution is 2.27. The molecule has 0 saturated heterocycles. The third-order valence-corrected chi connectivity index (χ3v) is 10.8. The molecule has 10 nitrogen and oxygen atoms in total. The largest absolute Gasteiger partial charge is 0.464 e. The van der Waals surface area contributed by atoms with E-state index in [-0.39, 0.29) is 31.7 Å². The van der Waals surface area contributed by atoms with E-state index in [1.807, 2.05) is 52.0 Å². The van der Waals surface area contributed by atoms with Crippen LogP contribution in [-0.2, 0) is 35.1 Å². The molecule has 0 fully saturated rings. The number of aryl methyl sites for hydroxylation is 7. The Morgan fingerprint density at radius 3 is 1.34 bits per heavy atom. The van der Waals surface area contributed by atoms with Crippen LogP contribution in [0.1, 0.15) is 73.1 Å².